The Morgan fingerprint density at radius 3 is 2.47 bits per heavy atom. The van der Waals surface area contributed by atoms with Gasteiger partial charge in [0.05, 0.1) is 0 Å². The monoisotopic (exact) mass is 217 g/mol. The van der Waals surface area contributed by atoms with Gasteiger partial charge in [0.25, 0.3) is 0 Å². The largest absolute Gasteiger partial charge is 0.480 e. The SMILES string of the molecule is CC(C)CCOCCC(NC=O)C(=O)O. The highest BCUT2D eigenvalue weighted by Gasteiger charge is 2.15. The van der Waals surface area contributed by atoms with Gasteiger partial charge in [0.2, 0.25) is 6.41 Å². The molecule has 0 aromatic rings. The minimum atomic E-state index is -1.03. The molecule has 2 N–H and O–H groups in total. The molecule has 0 heterocycles. The van der Waals surface area contributed by atoms with E-state index in [9.17, 15) is 9.59 Å². The Balaban J connectivity index is 3.53. The van der Waals surface area contributed by atoms with Crippen LogP contribution in [0.1, 0.15) is 26.7 Å². The van der Waals surface area contributed by atoms with E-state index >= 15 is 0 Å². The third-order valence-corrected chi connectivity index (χ3v) is 1.96. The fraction of sp³-hybridized carbons (Fsp3) is 0.800. The van der Waals surface area contributed by atoms with Gasteiger partial charge in [-0.2, -0.15) is 0 Å². The highest BCUT2D eigenvalue weighted by Crippen LogP contribution is 2.00. The summed E-state index contributed by atoms with van der Waals surface area (Å²) in [4.78, 5) is 20.7. The van der Waals surface area contributed by atoms with Gasteiger partial charge in [-0.05, 0) is 12.3 Å². The van der Waals surface area contributed by atoms with Crippen molar-refractivity contribution in [1.29, 1.82) is 0 Å². The maximum Gasteiger partial charge on any atom is 0.326 e. The average Bonchev–Trinajstić information content (AvgIpc) is 2.15. The van der Waals surface area contributed by atoms with E-state index in [1.807, 2.05) is 0 Å². The van der Waals surface area contributed by atoms with Gasteiger partial charge >= 0.3 is 5.97 Å². The molecule has 0 saturated carbocycles. The lowest BCUT2D eigenvalue weighted by atomic mass is 10.1. The van der Waals surface area contributed by atoms with E-state index in [-0.39, 0.29) is 0 Å². The van der Waals surface area contributed by atoms with Gasteiger partial charge in [-0.3, -0.25) is 4.79 Å². The van der Waals surface area contributed by atoms with Gasteiger partial charge in [-0.25, -0.2) is 4.79 Å². The molecule has 5 heteroatoms. The molecule has 0 bridgehead atoms. The standard InChI is InChI=1S/C10H19NO4/c1-8(2)3-5-15-6-4-9(10(13)14)11-7-12/h7-9H,3-6H2,1-2H3,(H,11,12)(H,13,14). The zero-order valence-electron chi connectivity index (χ0n) is 9.23. The van der Waals surface area contributed by atoms with Crippen LogP contribution in [-0.4, -0.2) is 36.7 Å². The Kier molecular flexibility index (Phi) is 7.62. The van der Waals surface area contributed by atoms with Crippen molar-refractivity contribution in [2.24, 2.45) is 5.92 Å². The van der Waals surface area contributed by atoms with Crippen LogP contribution in [0.2, 0.25) is 0 Å². The first-order chi connectivity index (χ1) is 7.07. The van der Waals surface area contributed by atoms with Crippen LogP contribution < -0.4 is 5.32 Å². The van der Waals surface area contributed by atoms with E-state index in [0.29, 0.717) is 32.0 Å². The predicted octanol–water partition coefficient (Wildman–Crippen LogP) is 0.638. The van der Waals surface area contributed by atoms with E-state index in [2.05, 4.69) is 19.2 Å². The third kappa shape index (κ3) is 7.93. The molecular formula is C10H19NO4. The minimum absolute atomic E-state index is 0.298. The normalized spacial score (nSPS) is 12.5. The number of hydrogen-bond donors (Lipinski definition) is 2. The summed E-state index contributed by atoms with van der Waals surface area (Å²) in [6.07, 6.45) is 1.65. The molecule has 0 aromatic heterocycles. The number of carboxylic acid groups (broad SMARTS) is 1. The molecule has 1 unspecified atom stereocenters. The summed E-state index contributed by atoms with van der Waals surface area (Å²) in [6.45, 7) is 5.17. The number of aliphatic carboxylic acids is 1. The second-order valence-corrected chi connectivity index (χ2v) is 3.76. The van der Waals surface area contributed by atoms with Crippen LogP contribution in [0.25, 0.3) is 0 Å². The van der Waals surface area contributed by atoms with Crippen LogP contribution in [-0.2, 0) is 14.3 Å². The molecule has 88 valence electrons. The third-order valence-electron chi connectivity index (χ3n) is 1.96. The Labute approximate surface area is 89.8 Å². The summed E-state index contributed by atoms with van der Waals surface area (Å²) in [5.41, 5.74) is 0. The number of hydrogen-bond acceptors (Lipinski definition) is 3. The molecule has 1 amide bonds. The van der Waals surface area contributed by atoms with E-state index in [1.54, 1.807) is 0 Å². The van der Waals surface area contributed by atoms with Gasteiger partial charge in [-0.1, -0.05) is 13.8 Å². The number of carbonyl (C=O) groups excluding carboxylic acids is 1. The summed E-state index contributed by atoms with van der Waals surface area (Å²) < 4.78 is 5.25. The van der Waals surface area contributed by atoms with Crippen LogP contribution in [0, 0.1) is 5.92 Å². The fourth-order valence-electron chi connectivity index (χ4n) is 0.983. The second-order valence-electron chi connectivity index (χ2n) is 3.76. The zero-order chi connectivity index (χ0) is 11.7. The van der Waals surface area contributed by atoms with Crippen LogP contribution in [0.4, 0.5) is 0 Å². The molecule has 0 spiro atoms. The molecule has 0 aliphatic carbocycles. The van der Waals surface area contributed by atoms with Gasteiger partial charge in [0.1, 0.15) is 6.04 Å². The molecular weight excluding hydrogens is 198 g/mol. The lowest BCUT2D eigenvalue weighted by Gasteiger charge is -2.11. The summed E-state index contributed by atoms with van der Waals surface area (Å²) in [5.74, 6) is -0.456. The first kappa shape index (κ1) is 13.9. The van der Waals surface area contributed by atoms with E-state index in [1.165, 1.54) is 0 Å². The first-order valence-electron chi connectivity index (χ1n) is 5.08. The number of rotatable bonds is 9. The summed E-state index contributed by atoms with van der Waals surface area (Å²) in [7, 11) is 0. The summed E-state index contributed by atoms with van der Waals surface area (Å²) in [5, 5.41) is 10.9. The maximum atomic E-state index is 10.6. The van der Waals surface area contributed by atoms with E-state index in [0.717, 1.165) is 6.42 Å². The van der Waals surface area contributed by atoms with Crippen LogP contribution in [0.5, 0.6) is 0 Å². The first-order valence-corrected chi connectivity index (χ1v) is 5.08. The molecule has 0 aromatic carbocycles. The molecule has 0 fully saturated rings. The Bertz CT molecular complexity index is 194. The molecule has 1 atom stereocenters. The summed E-state index contributed by atoms with van der Waals surface area (Å²) >= 11 is 0. The van der Waals surface area contributed by atoms with Crippen LogP contribution in [0.3, 0.4) is 0 Å². The number of carboxylic acids is 1. The van der Waals surface area contributed by atoms with E-state index in [4.69, 9.17) is 9.84 Å². The molecule has 0 aliphatic heterocycles. The fourth-order valence-corrected chi connectivity index (χ4v) is 0.983. The predicted molar refractivity (Wildman–Crippen MR) is 55.5 cm³/mol. The van der Waals surface area contributed by atoms with Gasteiger partial charge in [0.15, 0.2) is 0 Å². The van der Waals surface area contributed by atoms with Crippen LogP contribution >= 0.6 is 0 Å². The highest BCUT2D eigenvalue weighted by atomic mass is 16.5. The number of nitrogens with one attached hydrogen (secondary N) is 1. The smallest absolute Gasteiger partial charge is 0.326 e. The van der Waals surface area contributed by atoms with Crippen LogP contribution in [0.15, 0.2) is 0 Å². The molecule has 0 rings (SSSR count). The molecule has 5 nitrogen and oxygen atoms in total. The number of ether oxygens (including phenoxy) is 1. The van der Waals surface area contributed by atoms with Crippen molar-refractivity contribution in [3.63, 3.8) is 0 Å². The molecule has 0 saturated heterocycles. The van der Waals surface area contributed by atoms with Crippen molar-refractivity contribution in [2.45, 2.75) is 32.7 Å². The van der Waals surface area contributed by atoms with Crippen molar-refractivity contribution in [3.05, 3.63) is 0 Å². The molecule has 15 heavy (non-hydrogen) atoms. The minimum Gasteiger partial charge on any atom is -0.480 e. The average molecular weight is 217 g/mol. The second kappa shape index (κ2) is 8.23. The van der Waals surface area contributed by atoms with Gasteiger partial charge < -0.3 is 15.2 Å². The Morgan fingerprint density at radius 2 is 2.00 bits per heavy atom. The molecule has 0 aliphatic rings. The van der Waals surface area contributed by atoms with Crippen molar-refractivity contribution in [1.82, 2.24) is 5.32 Å². The van der Waals surface area contributed by atoms with Crippen molar-refractivity contribution >= 4 is 12.4 Å². The topological polar surface area (TPSA) is 75.6 Å². The van der Waals surface area contributed by atoms with Crippen molar-refractivity contribution in [2.75, 3.05) is 13.2 Å². The zero-order valence-corrected chi connectivity index (χ0v) is 9.23. The lowest BCUT2D eigenvalue weighted by molar-refractivity contribution is -0.141. The van der Waals surface area contributed by atoms with Crippen molar-refractivity contribution in [3.8, 4) is 0 Å². The number of amides is 1. The van der Waals surface area contributed by atoms with Crippen molar-refractivity contribution < 1.29 is 19.4 Å². The van der Waals surface area contributed by atoms with Gasteiger partial charge in [-0.15, -0.1) is 0 Å². The van der Waals surface area contributed by atoms with E-state index < -0.39 is 12.0 Å². The maximum absolute atomic E-state index is 10.6. The Hall–Kier alpha value is -1.10. The van der Waals surface area contributed by atoms with Gasteiger partial charge in [0, 0.05) is 19.6 Å². The number of carbonyl (C=O) groups is 2. The lowest BCUT2D eigenvalue weighted by Crippen LogP contribution is -2.36. The highest BCUT2D eigenvalue weighted by molar-refractivity contribution is 5.76. The summed E-state index contributed by atoms with van der Waals surface area (Å²) in [6, 6.07) is -0.846. The Morgan fingerprint density at radius 1 is 1.40 bits per heavy atom. The quantitative estimate of drug-likeness (QED) is 0.439. The molecule has 0 radical (unpaired) electrons.